The Balaban J connectivity index is 1.83. The van der Waals surface area contributed by atoms with Gasteiger partial charge in [-0.25, -0.2) is 0 Å². The molecule has 0 atom stereocenters. The fraction of sp³-hybridized carbons (Fsp3) is 0.429. The van der Waals surface area contributed by atoms with E-state index in [0.29, 0.717) is 11.4 Å². The van der Waals surface area contributed by atoms with Crippen molar-refractivity contribution >= 4 is 23.1 Å². The minimum Gasteiger partial charge on any atom is -0.494 e. The molecule has 26 heavy (non-hydrogen) atoms. The monoisotopic (exact) mass is 373 g/mol. The standard InChI is InChI=1S/C21H31N3OS/c1-3-11-24(12-4-2)13-6-14-25-17-7-5-8-18(15-17)26-19-9-10-20(22)21(23)16-19/h5,7-10,15-16H,3-4,6,11-14,22-23H2,1-2H3. The van der Waals surface area contributed by atoms with Crippen LogP contribution in [0.5, 0.6) is 5.75 Å². The summed E-state index contributed by atoms with van der Waals surface area (Å²) in [4.78, 5) is 4.72. The van der Waals surface area contributed by atoms with Gasteiger partial charge in [0.05, 0.1) is 18.0 Å². The molecule has 4 N–H and O–H groups in total. The second-order valence-corrected chi connectivity index (χ2v) is 7.56. The lowest BCUT2D eigenvalue weighted by molar-refractivity contribution is 0.234. The Hall–Kier alpha value is -1.85. The first-order chi connectivity index (χ1) is 12.6. The molecule has 0 spiro atoms. The average molecular weight is 374 g/mol. The molecule has 0 aliphatic heterocycles. The lowest BCUT2D eigenvalue weighted by Gasteiger charge is -2.20. The largest absolute Gasteiger partial charge is 0.494 e. The van der Waals surface area contributed by atoms with Gasteiger partial charge in [0.25, 0.3) is 0 Å². The predicted octanol–water partition coefficient (Wildman–Crippen LogP) is 4.89. The fourth-order valence-electron chi connectivity index (χ4n) is 2.83. The Kier molecular flexibility index (Phi) is 8.65. The van der Waals surface area contributed by atoms with Crippen LogP contribution in [0.1, 0.15) is 33.1 Å². The molecular weight excluding hydrogens is 342 g/mol. The summed E-state index contributed by atoms with van der Waals surface area (Å²) in [5, 5.41) is 0. The van der Waals surface area contributed by atoms with Crippen LogP contribution in [0.4, 0.5) is 11.4 Å². The van der Waals surface area contributed by atoms with Crippen molar-refractivity contribution in [3.8, 4) is 5.75 Å². The molecule has 5 heteroatoms. The summed E-state index contributed by atoms with van der Waals surface area (Å²) < 4.78 is 5.95. The summed E-state index contributed by atoms with van der Waals surface area (Å²) in [6.07, 6.45) is 3.46. The number of nitrogen functional groups attached to an aromatic ring is 2. The van der Waals surface area contributed by atoms with Gasteiger partial charge in [-0.3, -0.25) is 0 Å². The van der Waals surface area contributed by atoms with Crippen molar-refractivity contribution < 1.29 is 4.74 Å². The number of nitrogens with zero attached hydrogens (tertiary/aromatic N) is 1. The van der Waals surface area contributed by atoms with Crippen molar-refractivity contribution in [2.75, 3.05) is 37.7 Å². The Morgan fingerprint density at radius 2 is 1.62 bits per heavy atom. The third-order valence-electron chi connectivity index (χ3n) is 4.07. The van der Waals surface area contributed by atoms with E-state index in [1.807, 2.05) is 30.3 Å². The normalized spacial score (nSPS) is 11.0. The van der Waals surface area contributed by atoms with Crippen molar-refractivity contribution in [1.29, 1.82) is 0 Å². The van der Waals surface area contributed by atoms with Crippen LogP contribution in [0.3, 0.4) is 0 Å². The predicted molar refractivity (Wildman–Crippen MR) is 113 cm³/mol. The summed E-state index contributed by atoms with van der Waals surface area (Å²) in [5.41, 5.74) is 12.9. The van der Waals surface area contributed by atoms with E-state index in [4.69, 9.17) is 16.2 Å². The number of hydrogen-bond acceptors (Lipinski definition) is 5. The molecule has 0 radical (unpaired) electrons. The number of benzene rings is 2. The maximum Gasteiger partial charge on any atom is 0.120 e. The topological polar surface area (TPSA) is 64.5 Å². The van der Waals surface area contributed by atoms with Crippen molar-refractivity contribution in [3.63, 3.8) is 0 Å². The second kappa shape index (κ2) is 11.0. The Bertz CT molecular complexity index is 672. The molecule has 0 aromatic heterocycles. The van der Waals surface area contributed by atoms with Crippen molar-refractivity contribution in [1.82, 2.24) is 4.90 Å². The number of ether oxygens (including phenoxy) is 1. The highest BCUT2D eigenvalue weighted by atomic mass is 32.2. The first-order valence-electron chi connectivity index (χ1n) is 9.40. The Morgan fingerprint density at radius 3 is 2.31 bits per heavy atom. The molecule has 2 rings (SSSR count). The Morgan fingerprint density at radius 1 is 0.885 bits per heavy atom. The van der Waals surface area contributed by atoms with Gasteiger partial charge in [-0.15, -0.1) is 0 Å². The van der Waals surface area contributed by atoms with Gasteiger partial charge in [-0.2, -0.15) is 0 Å². The zero-order chi connectivity index (χ0) is 18.8. The van der Waals surface area contributed by atoms with Crippen LogP contribution in [0, 0.1) is 0 Å². The van der Waals surface area contributed by atoms with E-state index in [2.05, 4.69) is 30.9 Å². The zero-order valence-electron chi connectivity index (χ0n) is 15.9. The van der Waals surface area contributed by atoms with Crippen molar-refractivity contribution in [3.05, 3.63) is 42.5 Å². The van der Waals surface area contributed by atoms with Crippen LogP contribution in [0.2, 0.25) is 0 Å². The van der Waals surface area contributed by atoms with Gasteiger partial charge in [0.1, 0.15) is 5.75 Å². The van der Waals surface area contributed by atoms with E-state index in [9.17, 15) is 0 Å². The van der Waals surface area contributed by atoms with Gasteiger partial charge < -0.3 is 21.1 Å². The van der Waals surface area contributed by atoms with E-state index < -0.39 is 0 Å². The number of hydrogen-bond donors (Lipinski definition) is 2. The van der Waals surface area contributed by atoms with Gasteiger partial charge in [-0.05, 0) is 68.8 Å². The quantitative estimate of drug-likeness (QED) is 0.433. The van der Waals surface area contributed by atoms with E-state index >= 15 is 0 Å². The summed E-state index contributed by atoms with van der Waals surface area (Å²) in [5.74, 6) is 0.913. The molecule has 0 saturated carbocycles. The molecular formula is C21H31N3OS. The molecule has 2 aromatic rings. The zero-order valence-corrected chi connectivity index (χ0v) is 16.7. The van der Waals surface area contributed by atoms with Crippen LogP contribution in [0.15, 0.2) is 52.3 Å². The van der Waals surface area contributed by atoms with Gasteiger partial charge in [-0.1, -0.05) is 31.7 Å². The van der Waals surface area contributed by atoms with Crippen LogP contribution in [-0.4, -0.2) is 31.1 Å². The molecule has 0 bridgehead atoms. The highest BCUT2D eigenvalue weighted by molar-refractivity contribution is 7.99. The van der Waals surface area contributed by atoms with Gasteiger partial charge in [0.2, 0.25) is 0 Å². The maximum absolute atomic E-state index is 5.95. The molecule has 0 amide bonds. The molecule has 4 nitrogen and oxygen atoms in total. The van der Waals surface area contributed by atoms with Gasteiger partial charge in [0, 0.05) is 16.3 Å². The first-order valence-corrected chi connectivity index (χ1v) is 10.2. The second-order valence-electron chi connectivity index (χ2n) is 6.41. The van der Waals surface area contributed by atoms with Gasteiger partial charge >= 0.3 is 0 Å². The van der Waals surface area contributed by atoms with E-state index in [0.717, 1.165) is 35.1 Å². The molecule has 0 saturated heterocycles. The molecule has 0 heterocycles. The lowest BCUT2D eigenvalue weighted by Crippen LogP contribution is -2.27. The van der Waals surface area contributed by atoms with E-state index in [1.165, 1.54) is 25.9 Å². The summed E-state index contributed by atoms with van der Waals surface area (Å²) >= 11 is 1.66. The highest BCUT2D eigenvalue weighted by Crippen LogP contribution is 2.32. The molecule has 0 aliphatic carbocycles. The number of anilines is 2. The molecule has 0 aliphatic rings. The van der Waals surface area contributed by atoms with Crippen LogP contribution in [0.25, 0.3) is 0 Å². The van der Waals surface area contributed by atoms with Crippen LogP contribution >= 0.6 is 11.8 Å². The van der Waals surface area contributed by atoms with Crippen molar-refractivity contribution in [2.24, 2.45) is 0 Å². The number of nitrogens with two attached hydrogens (primary N) is 2. The summed E-state index contributed by atoms with van der Waals surface area (Å²) in [7, 11) is 0. The van der Waals surface area contributed by atoms with Crippen LogP contribution in [-0.2, 0) is 0 Å². The molecule has 0 fully saturated rings. The molecule has 2 aromatic carbocycles. The summed E-state index contributed by atoms with van der Waals surface area (Å²) in [6.45, 7) is 8.65. The van der Waals surface area contributed by atoms with Gasteiger partial charge in [0.15, 0.2) is 0 Å². The fourth-order valence-corrected chi connectivity index (χ4v) is 3.74. The SMILES string of the molecule is CCCN(CCC)CCCOc1cccc(Sc2ccc(N)c(N)c2)c1. The highest BCUT2D eigenvalue weighted by Gasteiger charge is 2.04. The number of rotatable bonds is 11. The molecule has 142 valence electrons. The average Bonchev–Trinajstić information content (AvgIpc) is 2.62. The summed E-state index contributed by atoms with van der Waals surface area (Å²) in [6, 6.07) is 13.9. The first kappa shape index (κ1) is 20.5. The third kappa shape index (κ3) is 6.81. The minimum absolute atomic E-state index is 0.617. The van der Waals surface area contributed by atoms with Crippen molar-refractivity contribution in [2.45, 2.75) is 42.9 Å². The third-order valence-corrected chi connectivity index (χ3v) is 5.05. The lowest BCUT2D eigenvalue weighted by atomic mass is 10.3. The minimum atomic E-state index is 0.617. The van der Waals surface area contributed by atoms with E-state index in [1.54, 1.807) is 11.8 Å². The maximum atomic E-state index is 5.95. The molecule has 0 unspecified atom stereocenters. The smallest absolute Gasteiger partial charge is 0.120 e. The van der Waals surface area contributed by atoms with E-state index in [-0.39, 0.29) is 0 Å². The van der Waals surface area contributed by atoms with Crippen LogP contribution < -0.4 is 16.2 Å². The Labute approximate surface area is 161 Å².